The van der Waals surface area contributed by atoms with Crippen molar-refractivity contribution in [1.82, 2.24) is 0 Å². The second kappa shape index (κ2) is 3.14. The number of methoxy groups -OCH3 is 1. The summed E-state index contributed by atoms with van der Waals surface area (Å²) in [6.07, 6.45) is 5.14. The van der Waals surface area contributed by atoms with Crippen LogP contribution in [0.5, 0.6) is 0 Å². The van der Waals surface area contributed by atoms with Crippen LogP contribution >= 0.6 is 0 Å². The van der Waals surface area contributed by atoms with E-state index in [2.05, 4.69) is 0 Å². The van der Waals surface area contributed by atoms with Crippen molar-refractivity contribution in [2.75, 3.05) is 13.7 Å². The van der Waals surface area contributed by atoms with E-state index in [1.807, 2.05) is 0 Å². The predicted molar refractivity (Wildman–Crippen MR) is 47.3 cm³/mol. The Morgan fingerprint density at radius 3 is 2.77 bits per heavy atom. The lowest BCUT2D eigenvalue weighted by Crippen LogP contribution is -2.47. The molecule has 1 aliphatic carbocycles. The highest BCUT2D eigenvalue weighted by Crippen LogP contribution is 2.38. The van der Waals surface area contributed by atoms with Crippen LogP contribution in [-0.2, 0) is 14.3 Å². The first kappa shape index (κ1) is 8.75. The number of Topliss-reactive ketones (excluding diaryl/α,β-unsaturated/α-hetero) is 1. The van der Waals surface area contributed by atoms with Gasteiger partial charge in [-0.15, -0.1) is 0 Å². The van der Waals surface area contributed by atoms with Crippen molar-refractivity contribution in [3.63, 3.8) is 0 Å². The lowest BCUT2D eigenvalue weighted by Gasteiger charge is -2.38. The van der Waals surface area contributed by atoms with Gasteiger partial charge >= 0.3 is 0 Å². The van der Waals surface area contributed by atoms with Gasteiger partial charge in [0.15, 0.2) is 5.78 Å². The van der Waals surface area contributed by atoms with Crippen LogP contribution in [0, 0.1) is 0 Å². The zero-order chi connectivity index (χ0) is 9.31. The molecule has 0 amide bonds. The zero-order valence-electron chi connectivity index (χ0n) is 7.84. The fraction of sp³-hybridized carbons (Fsp3) is 0.700. The maximum absolute atomic E-state index is 11.9. The molecule has 0 aromatic rings. The first-order valence-electron chi connectivity index (χ1n) is 4.69. The Morgan fingerprint density at radius 2 is 2.38 bits per heavy atom. The summed E-state index contributed by atoms with van der Waals surface area (Å²) in [5, 5.41) is 0. The van der Waals surface area contributed by atoms with E-state index in [4.69, 9.17) is 9.47 Å². The summed E-state index contributed by atoms with van der Waals surface area (Å²) in [4.78, 5) is 11.9. The van der Waals surface area contributed by atoms with Gasteiger partial charge in [0, 0.05) is 19.1 Å². The number of rotatable bonds is 3. The van der Waals surface area contributed by atoms with Gasteiger partial charge in [0.1, 0.15) is 5.60 Å². The molecule has 0 spiro atoms. The van der Waals surface area contributed by atoms with Crippen molar-refractivity contribution >= 4 is 5.78 Å². The monoisotopic (exact) mass is 182 g/mol. The Kier molecular flexibility index (Phi) is 2.12. The van der Waals surface area contributed by atoms with Crippen molar-refractivity contribution in [2.45, 2.75) is 31.3 Å². The second-order valence-corrected chi connectivity index (χ2v) is 3.64. The zero-order valence-corrected chi connectivity index (χ0v) is 7.84. The fourth-order valence-electron chi connectivity index (χ4n) is 1.87. The van der Waals surface area contributed by atoms with Crippen LogP contribution in [0.1, 0.15) is 25.7 Å². The summed E-state index contributed by atoms with van der Waals surface area (Å²) in [5.74, 6) is 0.138. The van der Waals surface area contributed by atoms with Crippen LogP contribution < -0.4 is 0 Å². The Hall–Kier alpha value is -0.830. The third kappa shape index (κ3) is 1.27. The molecule has 1 aliphatic heterocycles. The summed E-state index contributed by atoms with van der Waals surface area (Å²) < 4.78 is 10.4. The van der Waals surface area contributed by atoms with Crippen molar-refractivity contribution in [1.29, 1.82) is 0 Å². The Bertz CT molecular complexity index is 245. The molecule has 1 saturated carbocycles. The molecular weight excluding hydrogens is 168 g/mol. The van der Waals surface area contributed by atoms with Crippen LogP contribution in [0.2, 0.25) is 0 Å². The number of carbonyl (C=O) groups excluding carboxylic acids is 1. The smallest absolute Gasteiger partial charge is 0.193 e. The molecule has 0 aromatic carbocycles. The molecule has 2 rings (SSSR count). The number of hydrogen-bond acceptors (Lipinski definition) is 3. The highest BCUT2D eigenvalue weighted by atomic mass is 16.5. The highest BCUT2D eigenvalue weighted by molar-refractivity contribution is 6.02. The van der Waals surface area contributed by atoms with Crippen LogP contribution in [0.4, 0.5) is 0 Å². The minimum absolute atomic E-state index is 0.138. The average Bonchev–Trinajstić information content (AvgIpc) is 2.54. The summed E-state index contributed by atoms with van der Waals surface area (Å²) >= 11 is 0. The van der Waals surface area contributed by atoms with Gasteiger partial charge in [-0.2, -0.15) is 0 Å². The van der Waals surface area contributed by atoms with Crippen LogP contribution in [0.3, 0.4) is 0 Å². The van der Waals surface area contributed by atoms with E-state index in [1.54, 1.807) is 13.4 Å². The molecule has 3 nitrogen and oxygen atoms in total. The molecule has 3 heteroatoms. The van der Waals surface area contributed by atoms with Gasteiger partial charge < -0.3 is 9.47 Å². The normalized spacial score (nSPS) is 24.5. The van der Waals surface area contributed by atoms with Crippen molar-refractivity contribution in [3.05, 3.63) is 11.8 Å². The van der Waals surface area contributed by atoms with Gasteiger partial charge in [-0.25, -0.2) is 0 Å². The predicted octanol–water partition coefficient (Wildman–Crippen LogP) is 1.43. The molecule has 0 radical (unpaired) electrons. The van der Waals surface area contributed by atoms with Gasteiger partial charge in [-0.1, -0.05) is 0 Å². The SMILES string of the molecule is COC1(C(=O)C2=COCC2)CCC1. The fourth-order valence-corrected chi connectivity index (χ4v) is 1.87. The number of hydrogen-bond donors (Lipinski definition) is 0. The van der Waals surface area contributed by atoms with Gasteiger partial charge in [-0.3, -0.25) is 4.79 Å². The quantitative estimate of drug-likeness (QED) is 0.662. The maximum Gasteiger partial charge on any atom is 0.193 e. The highest BCUT2D eigenvalue weighted by Gasteiger charge is 2.45. The molecule has 1 fully saturated rings. The molecule has 0 N–H and O–H groups in total. The average molecular weight is 182 g/mol. The number of ketones is 1. The van der Waals surface area contributed by atoms with E-state index in [1.165, 1.54) is 0 Å². The molecule has 0 unspecified atom stereocenters. The third-order valence-corrected chi connectivity index (χ3v) is 2.97. The van der Waals surface area contributed by atoms with Gasteiger partial charge in [-0.05, 0) is 19.3 Å². The summed E-state index contributed by atoms with van der Waals surface area (Å²) in [6.45, 7) is 0.640. The van der Waals surface area contributed by atoms with E-state index in [-0.39, 0.29) is 5.78 Å². The standard InChI is InChI=1S/C10H14O3/c1-12-10(4-2-5-10)9(11)8-3-6-13-7-8/h7H,2-6H2,1H3. The molecule has 1 heterocycles. The minimum Gasteiger partial charge on any atom is -0.500 e. The first-order valence-corrected chi connectivity index (χ1v) is 4.69. The largest absolute Gasteiger partial charge is 0.500 e. The molecule has 13 heavy (non-hydrogen) atoms. The molecule has 0 bridgehead atoms. The van der Waals surface area contributed by atoms with Gasteiger partial charge in [0.05, 0.1) is 12.9 Å². The van der Waals surface area contributed by atoms with E-state index >= 15 is 0 Å². The van der Waals surface area contributed by atoms with Crippen molar-refractivity contribution < 1.29 is 14.3 Å². The molecule has 0 atom stereocenters. The lowest BCUT2D eigenvalue weighted by molar-refractivity contribution is -0.147. The molecular formula is C10H14O3. The molecule has 2 aliphatic rings. The maximum atomic E-state index is 11.9. The van der Waals surface area contributed by atoms with Gasteiger partial charge in [0.2, 0.25) is 0 Å². The Morgan fingerprint density at radius 1 is 1.62 bits per heavy atom. The molecule has 0 saturated heterocycles. The van der Waals surface area contributed by atoms with Crippen molar-refractivity contribution in [2.24, 2.45) is 0 Å². The number of ether oxygens (including phenoxy) is 2. The summed E-state index contributed by atoms with van der Waals surface area (Å²) in [7, 11) is 1.62. The Labute approximate surface area is 77.7 Å². The molecule has 72 valence electrons. The minimum atomic E-state index is -0.500. The van der Waals surface area contributed by atoms with Crippen LogP contribution in [0.15, 0.2) is 11.8 Å². The van der Waals surface area contributed by atoms with E-state index in [0.717, 1.165) is 31.3 Å². The third-order valence-electron chi connectivity index (χ3n) is 2.97. The van der Waals surface area contributed by atoms with E-state index < -0.39 is 5.60 Å². The number of carbonyl (C=O) groups is 1. The summed E-state index contributed by atoms with van der Waals surface area (Å²) in [6, 6.07) is 0. The van der Waals surface area contributed by atoms with Crippen LogP contribution in [-0.4, -0.2) is 25.1 Å². The second-order valence-electron chi connectivity index (χ2n) is 3.64. The lowest BCUT2D eigenvalue weighted by atomic mass is 9.74. The van der Waals surface area contributed by atoms with Gasteiger partial charge in [0.25, 0.3) is 0 Å². The summed E-state index contributed by atoms with van der Waals surface area (Å²) in [5.41, 5.74) is 0.293. The Balaban J connectivity index is 2.10. The molecule has 0 aromatic heterocycles. The van der Waals surface area contributed by atoms with Crippen LogP contribution in [0.25, 0.3) is 0 Å². The first-order chi connectivity index (χ1) is 6.28. The van der Waals surface area contributed by atoms with E-state index in [9.17, 15) is 4.79 Å². The van der Waals surface area contributed by atoms with E-state index in [0.29, 0.717) is 6.61 Å². The topological polar surface area (TPSA) is 35.5 Å². The van der Waals surface area contributed by atoms with Crippen molar-refractivity contribution in [3.8, 4) is 0 Å².